The van der Waals surface area contributed by atoms with E-state index in [0.717, 1.165) is 23.5 Å². The van der Waals surface area contributed by atoms with Crippen LogP contribution in [-0.2, 0) is 6.54 Å². The summed E-state index contributed by atoms with van der Waals surface area (Å²) < 4.78 is 7.69. The Morgan fingerprint density at radius 1 is 1.09 bits per heavy atom. The Morgan fingerprint density at radius 3 is 2.63 bits per heavy atom. The van der Waals surface area contributed by atoms with E-state index in [1.54, 1.807) is 13.3 Å². The van der Waals surface area contributed by atoms with Crippen LogP contribution in [0.2, 0.25) is 5.02 Å². The van der Waals surface area contributed by atoms with Crippen LogP contribution in [0.1, 0.15) is 40.3 Å². The summed E-state index contributed by atoms with van der Waals surface area (Å²) in [6, 6.07) is 17.8. The zero-order valence-corrected chi connectivity index (χ0v) is 21.3. The number of aryl methyl sites for hydroxylation is 1. The number of nitrogens with zero attached hydrogens (tertiary/aromatic N) is 4. The number of hydrogen-bond acceptors (Lipinski definition) is 4. The van der Waals surface area contributed by atoms with Crippen molar-refractivity contribution in [2.24, 2.45) is 0 Å². The van der Waals surface area contributed by atoms with Gasteiger partial charge >= 0.3 is 0 Å². The molecule has 1 N–H and O–H groups in total. The molecule has 1 fully saturated rings. The van der Waals surface area contributed by atoms with E-state index in [9.17, 15) is 0 Å². The number of aromatic nitrogens is 3. The molecule has 178 valence electrons. The predicted octanol–water partition coefficient (Wildman–Crippen LogP) is 5.78. The van der Waals surface area contributed by atoms with Crippen LogP contribution in [0, 0.1) is 13.8 Å². The first kappa shape index (κ1) is 23.3. The van der Waals surface area contributed by atoms with Gasteiger partial charge in [0.05, 0.1) is 29.9 Å². The molecule has 4 heterocycles. The normalized spacial score (nSPS) is 17.5. The first-order chi connectivity index (χ1) is 17.0. The lowest BCUT2D eigenvalue weighted by molar-refractivity contribution is 0.415. The maximum atomic E-state index is 6.52. The van der Waals surface area contributed by atoms with Gasteiger partial charge in [-0.2, -0.15) is 0 Å². The van der Waals surface area contributed by atoms with Gasteiger partial charge in [-0.25, -0.2) is 0 Å². The van der Waals surface area contributed by atoms with Crippen LogP contribution in [0.25, 0.3) is 0 Å². The van der Waals surface area contributed by atoms with E-state index in [0.29, 0.717) is 15.9 Å². The minimum atomic E-state index is -0.128. The topological polar surface area (TPSA) is 55.2 Å². The van der Waals surface area contributed by atoms with Crippen LogP contribution in [0.3, 0.4) is 0 Å². The van der Waals surface area contributed by atoms with Gasteiger partial charge in [-0.15, -0.1) is 0 Å². The number of benzene rings is 1. The molecular formula is C27H26ClN5OS. The third kappa shape index (κ3) is 4.37. The SMILES string of the molecule is COc1ccc(N2C(=S)N[C@@H](c3ccccn3)[C@H]2c2cc(C)n(Cc3cccnc3)c2C)cc1Cl. The second-order valence-corrected chi connectivity index (χ2v) is 9.38. The standard InChI is InChI=1S/C27H26ClN5OS/c1-17-13-21(18(2)32(17)16-19-7-6-11-29-15-19)26-25(23-8-4-5-12-30-23)31-27(35)33(26)20-9-10-24(34-3)22(28)14-20/h4-15,25-26H,16H2,1-3H3,(H,31,35)/t25-,26+/m0/s1. The van der Waals surface area contributed by atoms with Crippen molar-refractivity contribution in [3.05, 3.63) is 106 Å². The lowest BCUT2D eigenvalue weighted by Gasteiger charge is -2.28. The second-order valence-electron chi connectivity index (χ2n) is 8.59. The third-order valence-corrected chi connectivity index (χ3v) is 7.12. The first-order valence-electron chi connectivity index (χ1n) is 11.4. The number of rotatable bonds is 6. The Kier molecular flexibility index (Phi) is 6.45. The maximum absolute atomic E-state index is 6.52. The van der Waals surface area contributed by atoms with E-state index < -0.39 is 0 Å². The highest BCUT2D eigenvalue weighted by Gasteiger charge is 2.42. The number of hydrogen-bond donors (Lipinski definition) is 1. The number of halogens is 1. The van der Waals surface area contributed by atoms with Crippen LogP contribution >= 0.6 is 23.8 Å². The molecule has 0 saturated carbocycles. The number of thiocarbonyl (C=S) groups is 1. The molecule has 0 radical (unpaired) electrons. The summed E-state index contributed by atoms with van der Waals surface area (Å²) in [5, 5.41) is 4.69. The molecule has 2 atom stereocenters. The Labute approximate surface area is 215 Å². The number of pyridine rings is 2. The molecule has 4 aromatic rings. The van der Waals surface area contributed by atoms with Crippen molar-refractivity contribution in [3.63, 3.8) is 0 Å². The van der Waals surface area contributed by atoms with Crippen LogP contribution in [0.4, 0.5) is 5.69 Å². The van der Waals surface area contributed by atoms with E-state index >= 15 is 0 Å². The van der Waals surface area contributed by atoms with Gasteiger partial charge in [-0.1, -0.05) is 23.7 Å². The summed E-state index contributed by atoms with van der Waals surface area (Å²) in [5.74, 6) is 0.626. The Balaban J connectivity index is 1.62. The smallest absolute Gasteiger partial charge is 0.174 e. The van der Waals surface area contributed by atoms with Crippen molar-refractivity contribution in [3.8, 4) is 5.75 Å². The fraction of sp³-hybridized carbons (Fsp3) is 0.222. The van der Waals surface area contributed by atoms with Crippen molar-refractivity contribution in [2.75, 3.05) is 12.0 Å². The van der Waals surface area contributed by atoms with Crippen LogP contribution in [0.15, 0.2) is 73.2 Å². The van der Waals surface area contributed by atoms with Gasteiger partial charge in [0.2, 0.25) is 0 Å². The average Bonchev–Trinajstić information content (AvgIpc) is 3.36. The zero-order chi connectivity index (χ0) is 24.5. The molecule has 0 aliphatic carbocycles. The van der Waals surface area contributed by atoms with Gasteiger partial charge in [-0.05, 0) is 79.7 Å². The Morgan fingerprint density at radius 2 is 1.94 bits per heavy atom. The highest BCUT2D eigenvalue weighted by atomic mass is 35.5. The number of nitrogens with one attached hydrogen (secondary N) is 1. The van der Waals surface area contributed by atoms with E-state index in [1.807, 2.05) is 54.9 Å². The molecule has 5 rings (SSSR count). The summed E-state index contributed by atoms with van der Waals surface area (Å²) in [6.07, 6.45) is 5.52. The lowest BCUT2D eigenvalue weighted by Crippen LogP contribution is -2.29. The highest BCUT2D eigenvalue weighted by molar-refractivity contribution is 7.80. The predicted molar refractivity (Wildman–Crippen MR) is 143 cm³/mol. The minimum absolute atomic E-state index is 0.115. The summed E-state index contributed by atoms with van der Waals surface area (Å²) in [7, 11) is 1.61. The lowest BCUT2D eigenvalue weighted by atomic mass is 9.96. The van der Waals surface area contributed by atoms with Gasteiger partial charge in [0.1, 0.15) is 5.75 Å². The van der Waals surface area contributed by atoms with Crippen LogP contribution in [0.5, 0.6) is 5.75 Å². The summed E-state index contributed by atoms with van der Waals surface area (Å²) >= 11 is 12.4. The molecule has 0 amide bonds. The van der Waals surface area contributed by atoms with Crippen molar-refractivity contribution in [2.45, 2.75) is 32.5 Å². The molecule has 1 aliphatic rings. The van der Waals surface area contributed by atoms with Crippen molar-refractivity contribution < 1.29 is 4.74 Å². The molecular weight excluding hydrogens is 478 g/mol. The van der Waals surface area contributed by atoms with Gasteiger partial charge in [0.15, 0.2) is 5.11 Å². The third-order valence-electron chi connectivity index (χ3n) is 6.51. The highest BCUT2D eigenvalue weighted by Crippen LogP contribution is 2.44. The minimum Gasteiger partial charge on any atom is -0.495 e. The molecule has 3 aromatic heterocycles. The van der Waals surface area contributed by atoms with Crippen molar-refractivity contribution >= 4 is 34.6 Å². The summed E-state index contributed by atoms with van der Waals surface area (Å²) in [6.45, 7) is 5.05. The Hall–Kier alpha value is -3.42. The van der Waals surface area contributed by atoms with E-state index in [2.05, 4.69) is 50.7 Å². The molecule has 1 aliphatic heterocycles. The van der Waals surface area contributed by atoms with Gasteiger partial charge < -0.3 is 19.5 Å². The molecule has 35 heavy (non-hydrogen) atoms. The quantitative estimate of drug-likeness (QED) is 0.336. The van der Waals surface area contributed by atoms with E-state index in [1.165, 1.54) is 17.0 Å². The molecule has 1 saturated heterocycles. The second kappa shape index (κ2) is 9.68. The van der Waals surface area contributed by atoms with E-state index in [4.69, 9.17) is 28.6 Å². The monoisotopic (exact) mass is 503 g/mol. The van der Waals surface area contributed by atoms with Crippen LogP contribution in [-0.4, -0.2) is 26.8 Å². The fourth-order valence-electron chi connectivity index (χ4n) is 4.80. The molecule has 1 aromatic carbocycles. The molecule has 6 nitrogen and oxygen atoms in total. The first-order valence-corrected chi connectivity index (χ1v) is 12.2. The maximum Gasteiger partial charge on any atom is 0.174 e. The number of anilines is 1. The fourth-order valence-corrected chi connectivity index (χ4v) is 5.40. The summed E-state index contributed by atoms with van der Waals surface area (Å²) in [5.41, 5.74) is 6.51. The van der Waals surface area contributed by atoms with Gasteiger partial charge in [0.25, 0.3) is 0 Å². The van der Waals surface area contributed by atoms with Gasteiger partial charge in [-0.3, -0.25) is 9.97 Å². The average molecular weight is 504 g/mol. The number of methoxy groups -OCH3 is 1. The number of ether oxygens (including phenoxy) is 1. The van der Waals surface area contributed by atoms with Crippen LogP contribution < -0.4 is 15.0 Å². The molecule has 0 bridgehead atoms. The molecule has 0 unspecified atom stereocenters. The van der Waals surface area contributed by atoms with E-state index in [-0.39, 0.29) is 12.1 Å². The van der Waals surface area contributed by atoms with Crippen molar-refractivity contribution in [1.82, 2.24) is 19.9 Å². The Bertz CT molecular complexity index is 1360. The zero-order valence-electron chi connectivity index (χ0n) is 19.8. The largest absolute Gasteiger partial charge is 0.495 e. The van der Waals surface area contributed by atoms with Crippen molar-refractivity contribution in [1.29, 1.82) is 0 Å². The molecule has 0 spiro atoms. The van der Waals surface area contributed by atoms with Gasteiger partial charge in [0, 0.05) is 42.2 Å². The summed E-state index contributed by atoms with van der Waals surface area (Å²) in [4.78, 5) is 11.1. The molecule has 8 heteroatoms.